The molecule has 0 aliphatic carbocycles. The first kappa shape index (κ1) is 22.6. The molecule has 2 heterocycles. The van der Waals surface area contributed by atoms with Crippen molar-refractivity contribution in [3.63, 3.8) is 0 Å². The number of rotatable bonds is 7. The standard InChI is InChI=1S/C21H34N4O5/c1-14(2)23-21(28)22-12-17-19(20(27)18(13-26)30-17)25-10-8-24(9-11-25)15-6-4-5-7-16(15)29-3/h4-7,14,17-20,26-27H,8-13H2,1-3H3,(H2,22,23,28)/t17-,18-,19-,20+/m0/s1. The number of aliphatic hydroxyl groups is 2. The zero-order chi connectivity index (χ0) is 21.7. The Balaban J connectivity index is 1.63. The molecule has 168 valence electrons. The molecule has 1 aromatic carbocycles. The van der Waals surface area contributed by atoms with Gasteiger partial charge in [-0.05, 0) is 26.0 Å². The minimum absolute atomic E-state index is 0.0316. The molecule has 4 atom stereocenters. The number of hydrogen-bond donors (Lipinski definition) is 4. The minimum Gasteiger partial charge on any atom is -0.495 e. The van der Waals surface area contributed by atoms with Crippen molar-refractivity contribution in [1.29, 1.82) is 0 Å². The van der Waals surface area contributed by atoms with Crippen LogP contribution in [0.25, 0.3) is 0 Å². The minimum atomic E-state index is -0.812. The first-order valence-corrected chi connectivity index (χ1v) is 10.5. The van der Waals surface area contributed by atoms with Gasteiger partial charge in [-0.3, -0.25) is 4.90 Å². The Hall–Kier alpha value is -2.07. The van der Waals surface area contributed by atoms with Gasteiger partial charge >= 0.3 is 6.03 Å². The fourth-order valence-electron chi connectivity index (χ4n) is 4.25. The largest absolute Gasteiger partial charge is 0.495 e. The molecule has 30 heavy (non-hydrogen) atoms. The average molecular weight is 423 g/mol. The lowest BCUT2D eigenvalue weighted by Crippen LogP contribution is -2.58. The van der Waals surface area contributed by atoms with Gasteiger partial charge < -0.3 is 35.2 Å². The molecular weight excluding hydrogens is 388 g/mol. The number of amides is 2. The highest BCUT2D eigenvalue weighted by Crippen LogP contribution is 2.31. The zero-order valence-electron chi connectivity index (χ0n) is 18.0. The Morgan fingerprint density at radius 1 is 1.23 bits per heavy atom. The first-order chi connectivity index (χ1) is 14.4. The first-order valence-electron chi connectivity index (χ1n) is 10.5. The quantitative estimate of drug-likeness (QED) is 0.491. The van der Waals surface area contributed by atoms with Gasteiger partial charge in [0.15, 0.2) is 0 Å². The van der Waals surface area contributed by atoms with E-state index in [1.165, 1.54) is 0 Å². The Morgan fingerprint density at radius 3 is 2.57 bits per heavy atom. The second kappa shape index (κ2) is 10.3. The van der Waals surface area contributed by atoms with E-state index in [0.29, 0.717) is 0 Å². The molecule has 0 bridgehead atoms. The maximum absolute atomic E-state index is 12.0. The molecule has 1 aromatic rings. The maximum atomic E-state index is 12.0. The summed E-state index contributed by atoms with van der Waals surface area (Å²) in [5.74, 6) is 0.841. The van der Waals surface area contributed by atoms with Crippen molar-refractivity contribution < 1.29 is 24.5 Å². The van der Waals surface area contributed by atoms with Crippen LogP contribution in [0.1, 0.15) is 13.8 Å². The van der Waals surface area contributed by atoms with Gasteiger partial charge in [-0.25, -0.2) is 4.79 Å². The summed E-state index contributed by atoms with van der Waals surface area (Å²) in [4.78, 5) is 16.4. The molecule has 0 radical (unpaired) electrons. The van der Waals surface area contributed by atoms with E-state index in [9.17, 15) is 15.0 Å². The van der Waals surface area contributed by atoms with Gasteiger partial charge in [0.2, 0.25) is 0 Å². The van der Waals surface area contributed by atoms with Gasteiger partial charge in [-0.2, -0.15) is 0 Å². The Kier molecular flexibility index (Phi) is 7.76. The van der Waals surface area contributed by atoms with Crippen LogP contribution in [0.2, 0.25) is 0 Å². The van der Waals surface area contributed by atoms with Crippen molar-refractivity contribution in [3.8, 4) is 5.75 Å². The Bertz CT molecular complexity index is 696. The Labute approximate surface area is 177 Å². The molecule has 2 fully saturated rings. The molecule has 0 aromatic heterocycles. The summed E-state index contributed by atoms with van der Waals surface area (Å²) in [5, 5.41) is 25.9. The number of urea groups is 1. The van der Waals surface area contributed by atoms with E-state index < -0.39 is 18.3 Å². The van der Waals surface area contributed by atoms with Crippen molar-refractivity contribution in [2.24, 2.45) is 0 Å². The van der Waals surface area contributed by atoms with Crippen molar-refractivity contribution in [1.82, 2.24) is 15.5 Å². The summed E-state index contributed by atoms with van der Waals surface area (Å²) < 4.78 is 11.4. The van der Waals surface area contributed by atoms with Crippen LogP contribution in [-0.4, -0.2) is 98.0 Å². The third kappa shape index (κ3) is 5.15. The summed E-state index contributed by atoms with van der Waals surface area (Å²) in [7, 11) is 1.67. The van der Waals surface area contributed by atoms with Gasteiger partial charge in [-0.15, -0.1) is 0 Å². The number of methoxy groups -OCH3 is 1. The number of carbonyl (C=O) groups excluding carboxylic acids is 1. The van der Waals surface area contributed by atoms with Gasteiger partial charge in [0.1, 0.15) is 18.0 Å². The predicted molar refractivity (Wildman–Crippen MR) is 114 cm³/mol. The van der Waals surface area contributed by atoms with E-state index in [4.69, 9.17) is 9.47 Å². The van der Waals surface area contributed by atoms with E-state index in [2.05, 4.69) is 20.4 Å². The van der Waals surface area contributed by atoms with Gasteiger partial charge in [0.05, 0.1) is 31.5 Å². The Morgan fingerprint density at radius 2 is 1.93 bits per heavy atom. The molecule has 2 saturated heterocycles. The van der Waals surface area contributed by atoms with Crippen LogP contribution < -0.4 is 20.3 Å². The van der Waals surface area contributed by atoms with Crippen LogP contribution in [0.3, 0.4) is 0 Å². The van der Waals surface area contributed by atoms with Crippen LogP contribution in [0.4, 0.5) is 10.5 Å². The second-order valence-electron chi connectivity index (χ2n) is 8.08. The molecule has 0 unspecified atom stereocenters. The second-order valence-corrected chi connectivity index (χ2v) is 8.08. The number of para-hydroxylation sites is 2. The predicted octanol–water partition coefficient (Wildman–Crippen LogP) is 0.0140. The van der Waals surface area contributed by atoms with E-state index in [1.54, 1.807) is 7.11 Å². The highest BCUT2D eigenvalue weighted by molar-refractivity contribution is 5.74. The number of nitrogens with one attached hydrogen (secondary N) is 2. The topological polar surface area (TPSA) is 107 Å². The fourth-order valence-corrected chi connectivity index (χ4v) is 4.25. The lowest BCUT2D eigenvalue weighted by Gasteiger charge is -2.41. The zero-order valence-corrected chi connectivity index (χ0v) is 18.0. The molecule has 4 N–H and O–H groups in total. The number of nitrogens with zero attached hydrogens (tertiary/aromatic N) is 2. The molecule has 0 saturated carbocycles. The summed E-state index contributed by atoms with van der Waals surface area (Å²) >= 11 is 0. The molecule has 3 rings (SSSR count). The molecule has 9 heteroatoms. The molecule has 0 spiro atoms. The van der Waals surface area contributed by atoms with E-state index in [1.807, 2.05) is 38.1 Å². The third-order valence-electron chi connectivity index (χ3n) is 5.69. The highest BCUT2D eigenvalue weighted by atomic mass is 16.5. The summed E-state index contributed by atoms with van der Waals surface area (Å²) in [6.45, 7) is 6.81. The van der Waals surface area contributed by atoms with Crippen molar-refractivity contribution in [3.05, 3.63) is 24.3 Å². The summed E-state index contributed by atoms with van der Waals surface area (Å²) in [6, 6.07) is 7.41. The van der Waals surface area contributed by atoms with Crippen molar-refractivity contribution in [2.75, 3.05) is 51.3 Å². The fraction of sp³-hybridized carbons (Fsp3) is 0.667. The van der Waals surface area contributed by atoms with Gasteiger partial charge in [-0.1, -0.05) is 12.1 Å². The van der Waals surface area contributed by atoms with E-state index >= 15 is 0 Å². The number of benzene rings is 1. The SMILES string of the molecule is COc1ccccc1N1CCN([C@@H]2[C@H](O)[C@H](CO)O[C@H]2CNC(=O)NC(C)C)CC1. The molecular formula is C21H34N4O5. The number of hydrogen-bond acceptors (Lipinski definition) is 7. The van der Waals surface area contributed by atoms with Crippen molar-refractivity contribution >= 4 is 11.7 Å². The summed E-state index contributed by atoms with van der Waals surface area (Å²) in [6.07, 6.45) is -1.86. The lowest BCUT2D eigenvalue weighted by atomic mass is 10.0. The van der Waals surface area contributed by atoms with Crippen LogP contribution in [0, 0.1) is 0 Å². The number of carbonyl (C=O) groups is 1. The highest BCUT2D eigenvalue weighted by Gasteiger charge is 2.46. The molecule has 2 aliphatic heterocycles. The maximum Gasteiger partial charge on any atom is 0.315 e. The van der Waals surface area contributed by atoms with Crippen molar-refractivity contribution in [2.45, 2.75) is 44.2 Å². The smallest absolute Gasteiger partial charge is 0.315 e. The van der Waals surface area contributed by atoms with E-state index in [-0.39, 0.29) is 31.3 Å². The van der Waals surface area contributed by atoms with Gasteiger partial charge in [0, 0.05) is 38.8 Å². The monoisotopic (exact) mass is 422 g/mol. The van der Waals surface area contributed by atoms with Crippen LogP contribution in [-0.2, 0) is 4.74 Å². The van der Waals surface area contributed by atoms with Crippen LogP contribution >= 0.6 is 0 Å². The molecule has 2 aliphatic rings. The number of piperazine rings is 1. The van der Waals surface area contributed by atoms with Gasteiger partial charge in [0.25, 0.3) is 0 Å². The number of aliphatic hydroxyl groups excluding tert-OH is 2. The van der Waals surface area contributed by atoms with Crippen LogP contribution in [0.5, 0.6) is 5.75 Å². The number of anilines is 1. The van der Waals surface area contributed by atoms with Crippen LogP contribution in [0.15, 0.2) is 24.3 Å². The molecule has 9 nitrogen and oxygen atoms in total. The number of ether oxygens (including phenoxy) is 2. The normalized spacial score (nSPS) is 27.3. The third-order valence-corrected chi connectivity index (χ3v) is 5.69. The summed E-state index contributed by atoms with van der Waals surface area (Å²) in [5.41, 5.74) is 1.06. The average Bonchev–Trinajstić information content (AvgIpc) is 3.07. The van der Waals surface area contributed by atoms with E-state index in [0.717, 1.165) is 37.6 Å². The lowest BCUT2D eigenvalue weighted by molar-refractivity contribution is -0.0206. The molecule has 2 amide bonds.